The maximum atomic E-state index is 12.4. The van der Waals surface area contributed by atoms with E-state index in [9.17, 15) is 9.59 Å². The van der Waals surface area contributed by atoms with Gasteiger partial charge < -0.3 is 14.1 Å². The molecule has 1 aromatic heterocycles. The van der Waals surface area contributed by atoms with Crippen molar-refractivity contribution in [1.82, 2.24) is 9.80 Å². The van der Waals surface area contributed by atoms with Crippen LogP contribution in [0.25, 0.3) is 0 Å². The van der Waals surface area contributed by atoms with E-state index >= 15 is 0 Å². The van der Waals surface area contributed by atoms with Crippen molar-refractivity contribution in [2.75, 3.05) is 39.3 Å². The molecule has 0 atom stereocenters. The third-order valence-electron chi connectivity index (χ3n) is 3.62. The van der Waals surface area contributed by atoms with Crippen LogP contribution in [0.2, 0.25) is 0 Å². The number of carbonyl (C=O) groups excluding carboxylic acids is 2. The molecule has 0 aliphatic carbocycles. The molecule has 0 unspecified atom stereocenters. The van der Waals surface area contributed by atoms with Gasteiger partial charge in [-0.1, -0.05) is 0 Å². The first-order valence-corrected chi connectivity index (χ1v) is 7.33. The van der Waals surface area contributed by atoms with Crippen LogP contribution in [0, 0.1) is 6.92 Å². The molecule has 0 radical (unpaired) electrons. The average Bonchev–Trinajstić information content (AvgIpc) is 2.74. The van der Waals surface area contributed by atoms with Gasteiger partial charge in [-0.05, 0) is 26.3 Å². The minimum Gasteiger partial charge on any atom is -0.469 e. The number of ether oxygens (including phenoxy) is 1. The summed E-state index contributed by atoms with van der Waals surface area (Å²) in [6, 6.07) is 1.71. The van der Waals surface area contributed by atoms with Crippen molar-refractivity contribution in [3.05, 3.63) is 23.7 Å². The van der Waals surface area contributed by atoms with Gasteiger partial charge in [-0.2, -0.15) is 0 Å². The van der Waals surface area contributed by atoms with Crippen LogP contribution in [0.5, 0.6) is 0 Å². The van der Waals surface area contributed by atoms with Gasteiger partial charge in [-0.3, -0.25) is 14.5 Å². The minimum atomic E-state index is -0.206. The summed E-state index contributed by atoms with van der Waals surface area (Å²) in [6.45, 7) is 7.07. The molecule has 0 aromatic carbocycles. The van der Waals surface area contributed by atoms with E-state index in [1.54, 1.807) is 19.9 Å². The number of hydrogen-bond acceptors (Lipinski definition) is 5. The third kappa shape index (κ3) is 4.07. The summed E-state index contributed by atoms with van der Waals surface area (Å²) < 4.78 is 10.2. The second kappa shape index (κ2) is 7.26. The molecule has 2 rings (SSSR count). The maximum absolute atomic E-state index is 12.4. The van der Waals surface area contributed by atoms with Crippen LogP contribution in [0.3, 0.4) is 0 Å². The maximum Gasteiger partial charge on any atom is 0.320 e. The lowest BCUT2D eigenvalue weighted by atomic mass is 10.2. The van der Waals surface area contributed by atoms with Gasteiger partial charge in [-0.15, -0.1) is 0 Å². The summed E-state index contributed by atoms with van der Waals surface area (Å²) >= 11 is 0. The predicted molar refractivity (Wildman–Crippen MR) is 77.0 cm³/mol. The monoisotopic (exact) mass is 294 g/mol. The zero-order valence-electron chi connectivity index (χ0n) is 12.6. The Morgan fingerprint density at radius 3 is 2.76 bits per heavy atom. The number of hydrogen-bond donors (Lipinski definition) is 0. The Bertz CT molecular complexity index is 498. The second-order valence-corrected chi connectivity index (χ2v) is 5.12. The van der Waals surface area contributed by atoms with Gasteiger partial charge >= 0.3 is 5.97 Å². The van der Waals surface area contributed by atoms with Crippen LogP contribution in [0.15, 0.2) is 16.7 Å². The molecule has 1 saturated heterocycles. The fourth-order valence-corrected chi connectivity index (χ4v) is 2.50. The lowest BCUT2D eigenvalue weighted by Crippen LogP contribution is -2.37. The molecule has 6 nitrogen and oxygen atoms in total. The van der Waals surface area contributed by atoms with E-state index in [4.69, 9.17) is 9.15 Å². The molecule has 0 saturated carbocycles. The highest BCUT2D eigenvalue weighted by Crippen LogP contribution is 2.14. The van der Waals surface area contributed by atoms with E-state index < -0.39 is 0 Å². The molecular formula is C15H22N2O4. The molecule has 1 aliphatic heterocycles. The molecule has 1 amide bonds. The van der Waals surface area contributed by atoms with E-state index in [-0.39, 0.29) is 11.9 Å². The zero-order chi connectivity index (χ0) is 15.2. The Balaban J connectivity index is 1.90. The van der Waals surface area contributed by atoms with E-state index in [2.05, 4.69) is 0 Å². The second-order valence-electron chi connectivity index (χ2n) is 5.12. The molecule has 116 valence electrons. The lowest BCUT2D eigenvalue weighted by molar-refractivity contribution is -0.144. The van der Waals surface area contributed by atoms with Gasteiger partial charge in [0.2, 0.25) is 0 Å². The van der Waals surface area contributed by atoms with Crippen LogP contribution in [0.4, 0.5) is 0 Å². The molecule has 0 N–H and O–H groups in total. The topological polar surface area (TPSA) is 63.0 Å². The number of esters is 1. The Labute approximate surface area is 124 Å². The van der Waals surface area contributed by atoms with Crippen LogP contribution in [-0.2, 0) is 9.53 Å². The highest BCUT2D eigenvalue weighted by molar-refractivity contribution is 5.95. The van der Waals surface area contributed by atoms with Crippen molar-refractivity contribution in [3.63, 3.8) is 0 Å². The minimum absolute atomic E-state index is 0.000709. The number of aryl methyl sites for hydroxylation is 1. The Morgan fingerprint density at radius 1 is 1.29 bits per heavy atom. The standard InChI is InChI=1S/C15H22N2O4/c1-3-20-14(18)11-16-6-4-7-17(9-8-16)15(19)13-5-10-21-12(13)2/h5,10H,3-4,6-9,11H2,1-2H3. The molecule has 0 bridgehead atoms. The molecule has 1 aromatic rings. The fraction of sp³-hybridized carbons (Fsp3) is 0.600. The summed E-state index contributed by atoms with van der Waals surface area (Å²) in [5, 5.41) is 0. The first-order valence-electron chi connectivity index (χ1n) is 7.33. The normalized spacial score (nSPS) is 16.6. The number of amides is 1. The predicted octanol–water partition coefficient (Wildman–Crippen LogP) is 1.30. The highest BCUT2D eigenvalue weighted by Gasteiger charge is 2.23. The van der Waals surface area contributed by atoms with Crippen molar-refractivity contribution >= 4 is 11.9 Å². The molecule has 2 heterocycles. The summed E-state index contributed by atoms with van der Waals surface area (Å²) in [7, 11) is 0. The fourth-order valence-electron chi connectivity index (χ4n) is 2.50. The smallest absolute Gasteiger partial charge is 0.320 e. The molecule has 1 fully saturated rings. The van der Waals surface area contributed by atoms with Crippen molar-refractivity contribution < 1.29 is 18.7 Å². The van der Waals surface area contributed by atoms with E-state index in [1.807, 2.05) is 9.80 Å². The summed E-state index contributed by atoms with van der Waals surface area (Å²) in [6.07, 6.45) is 2.38. The first-order chi connectivity index (χ1) is 10.1. The Kier molecular flexibility index (Phi) is 5.38. The zero-order valence-corrected chi connectivity index (χ0v) is 12.6. The van der Waals surface area contributed by atoms with Gasteiger partial charge in [0.1, 0.15) is 5.76 Å². The van der Waals surface area contributed by atoms with Gasteiger partial charge in [-0.25, -0.2) is 0 Å². The SMILES string of the molecule is CCOC(=O)CN1CCCN(C(=O)c2ccoc2C)CC1. The average molecular weight is 294 g/mol. The van der Waals surface area contributed by atoms with Gasteiger partial charge in [0.05, 0.1) is 25.0 Å². The summed E-state index contributed by atoms with van der Waals surface area (Å²) in [5.74, 6) is 0.440. The molecule has 21 heavy (non-hydrogen) atoms. The number of carbonyl (C=O) groups is 2. The van der Waals surface area contributed by atoms with E-state index in [0.29, 0.717) is 44.1 Å². The van der Waals surface area contributed by atoms with Crippen molar-refractivity contribution in [3.8, 4) is 0 Å². The largest absolute Gasteiger partial charge is 0.469 e. The van der Waals surface area contributed by atoms with Crippen molar-refractivity contribution in [2.24, 2.45) is 0 Å². The van der Waals surface area contributed by atoms with Crippen molar-refractivity contribution in [2.45, 2.75) is 20.3 Å². The summed E-state index contributed by atoms with van der Waals surface area (Å²) in [5.41, 5.74) is 0.619. The summed E-state index contributed by atoms with van der Waals surface area (Å²) in [4.78, 5) is 27.8. The van der Waals surface area contributed by atoms with E-state index in [0.717, 1.165) is 13.0 Å². The number of rotatable bonds is 4. The van der Waals surface area contributed by atoms with Crippen LogP contribution >= 0.6 is 0 Å². The van der Waals surface area contributed by atoms with Gasteiger partial charge in [0.25, 0.3) is 5.91 Å². The lowest BCUT2D eigenvalue weighted by Gasteiger charge is -2.21. The van der Waals surface area contributed by atoms with Crippen LogP contribution < -0.4 is 0 Å². The molecular weight excluding hydrogens is 272 g/mol. The van der Waals surface area contributed by atoms with Gasteiger partial charge in [0, 0.05) is 26.2 Å². The quantitative estimate of drug-likeness (QED) is 0.783. The molecule has 6 heteroatoms. The number of nitrogens with zero attached hydrogens (tertiary/aromatic N) is 2. The molecule has 1 aliphatic rings. The van der Waals surface area contributed by atoms with Gasteiger partial charge in [0.15, 0.2) is 0 Å². The Morgan fingerprint density at radius 2 is 2.10 bits per heavy atom. The third-order valence-corrected chi connectivity index (χ3v) is 3.62. The highest BCUT2D eigenvalue weighted by atomic mass is 16.5. The van der Waals surface area contributed by atoms with Crippen LogP contribution in [0.1, 0.15) is 29.5 Å². The van der Waals surface area contributed by atoms with Crippen LogP contribution in [-0.4, -0.2) is 61.0 Å². The first kappa shape index (κ1) is 15.6. The Hall–Kier alpha value is -1.82. The van der Waals surface area contributed by atoms with E-state index in [1.165, 1.54) is 6.26 Å². The van der Waals surface area contributed by atoms with Crippen molar-refractivity contribution in [1.29, 1.82) is 0 Å². The number of furan rings is 1. The molecule has 0 spiro atoms.